The lowest BCUT2D eigenvalue weighted by Gasteiger charge is -2.27. The lowest BCUT2D eigenvalue weighted by atomic mass is 9.83. The summed E-state index contributed by atoms with van der Waals surface area (Å²) >= 11 is 0. The number of nitrogens with zero attached hydrogens (tertiary/aromatic N) is 1. The number of fused-ring (bicyclic) bond motifs is 5. The molecule has 37 heavy (non-hydrogen) atoms. The van der Waals surface area contributed by atoms with E-state index in [0.717, 1.165) is 55.8 Å². The third kappa shape index (κ3) is 7.09. The van der Waals surface area contributed by atoms with E-state index in [1.54, 1.807) is 6.92 Å². The molecule has 1 aliphatic heterocycles. The Bertz CT molecular complexity index is 1110. The number of ether oxygens (including phenoxy) is 1. The van der Waals surface area contributed by atoms with Gasteiger partial charge in [-0.2, -0.15) is 0 Å². The standard InChI is InChI=1S/C27H38N4O6/c1-17(16-32)13-20(23(24(28)33)27(36)37-2)25(34)30-21-14-18-15-31(22-10-6-5-9-19(18)22)12-8-4-3-7-11-29-26(21)35/h5-6,9-10,15,17,20-21,23,32H,3-4,7-8,11-14,16H2,1-2H3,(H2,28,33)(H,29,35)(H,30,34)/t17?,20-,21+,23?/m1/s1. The summed E-state index contributed by atoms with van der Waals surface area (Å²) in [7, 11) is 1.11. The van der Waals surface area contributed by atoms with Gasteiger partial charge in [-0.15, -0.1) is 0 Å². The number of nitrogens with two attached hydrogens (primary N) is 1. The molecule has 5 N–H and O–H groups in total. The third-order valence-electron chi connectivity index (χ3n) is 7.02. The average molecular weight is 515 g/mol. The molecule has 0 fully saturated rings. The van der Waals surface area contributed by atoms with Crippen molar-refractivity contribution in [3.05, 3.63) is 36.0 Å². The van der Waals surface area contributed by atoms with E-state index >= 15 is 0 Å². The van der Waals surface area contributed by atoms with Crippen LogP contribution in [-0.4, -0.2) is 59.7 Å². The number of aromatic nitrogens is 1. The molecule has 2 aromatic rings. The Balaban J connectivity index is 1.95. The number of esters is 1. The molecule has 10 nitrogen and oxygen atoms in total. The molecule has 0 radical (unpaired) electrons. The number of methoxy groups -OCH3 is 1. The first-order valence-electron chi connectivity index (χ1n) is 12.9. The lowest BCUT2D eigenvalue weighted by Crippen LogP contribution is -2.53. The largest absolute Gasteiger partial charge is 0.468 e. The highest BCUT2D eigenvalue weighted by Gasteiger charge is 2.40. The first kappa shape index (κ1) is 28.2. The maximum absolute atomic E-state index is 13.5. The van der Waals surface area contributed by atoms with E-state index < -0.39 is 41.6 Å². The SMILES string of the molecule is COC(=O)C(C(N)=O)[C@@H](CC(C)CO)C(=O)N[C@H]1Cc2cn(c3ccccc23)CCCCCCNC1=O. The Labute approximate surface area is 216 Å². The minimum Gasteiger partial charge on any atom is -0.468 e. The van der Waals surface area contributed by atoms with Crippen molar-refractivity contribution in [1.82, 2.24) is 15.2 Å². The van der Waals surface area contributed by atoms with E-state index in [1.807, 2.05) is 30.5 Å². The van der Waals surface area contributed by atoms with E-state index in [-0.39, 0.29) is 25.4 Å². The van der Waals surface area contributed by atoms with Gasteiger partial charge in [0.25, 0.3) is 0 Å². The molecule has 4 atom stereocenters. The van der Waals surface area contributed by atoms with Crippen molar-refractivity contribution < 1.29 is 29.0 Å². The quantitative estimate of drug-likeness (QED) is 0.307. The highest BCUT2D eigenvalue weighted by atomic mass is 16.5. The maximum atomic E-state index is 13.5. The molecule has 3 rings (SSSR count). The zero-order valence-corrected chi connectivity index (χ0v) is 21.6. The number of hydrogen-bond donors (Lipinski definition) is 4. The molecule has 202 valence electrons. The second kappa shape index (κ2) is 13.2. The van der Waals surface area contributed by atoms with Crippen molar-refractivity contribution in [1.29, 1.82) is 0 Å². The molecule has 2 heterocycles. The number of hydrogen-bond acceptors (Lipinski definition) is 6. The van der Waals surface area contributed by atoms with Gasteiger partial charge in [0.15, 0.2) is 0 Å². The van der Waals surface area contributed by atoms with Gasteiger partial charge in [-0.3, -0.25) is 19.2 Å². The first-order valence-corrected chi connectivity index (χ1v) is 12.9. The van der Waals surface area contributed by atoms with Gasteiger partial charge < -0.3 is 30.8 Å². The summed E-state index contributed by atoms with van der Waals surface area (Å²) in [6, 6.07) is 7.01. The molecular weight excluding hydrogens is 476 g/mol. The normalized spacial score (nSPS) is 19.3. The van der Waals surface area contributed by atoms with Crippen LogP contribution in [0.2, 0.25) is 0 Å². The third-order valence-corrected chi connectivity index (χ3v) is 7.02. The van der Waals surface area contributed by atoms with E-state index in [0.29, 0.717) is 6.54 Å². The van der Waals surface area contributed by atoms with E-state index in [1.165, 1.54) is 0 Å². The van der Waals surface area contributed by atoms with Gasteiger partial charge in [0.1, 0.15) is 12.0 Å². The number of primary amides is 1. The van der Waals surface area contributed by atoms with Crippen molar-refractivity contribution >= 4 is 34.6 Å². The fraction of sp³-hybridized carbons (Fsp3) is 0.556. The molecule has 2 bridgehead atoms. The van der Waals surface area contributed by atoms with Crippen molar-refractivity contribution in [2.75, 3.05) is 20.3 Å². The summed E-state index contributed by atoms with van der Waals surface area (Å²) < 4.78 is 6.92. The van der Waals surface area contributed by atoms with Gasteiger partial charge in [0.05, 0.1) is 13.0 Å². The Morgan fingerprint density at radius 2 is 1.95 bits per heavy atom. The van der Waals surface area contributed by atoms with E-state index in [9.17, 15) is 24.3 Å². The van der Waals surface area contributed by atoms with Crippen LogP contribution in [0.4, 0.5) is 0 Å². The van der Waals surface area contributed by atoms with Crippen LogP contribution in [0.3, 0.4) is 0 Å². The Hall–Kier alpha value is -3.40. The smallest absolute Gasteiger partial charge is 0.319 e. The van der Waals surface area contributed by atoms with Crippen LogP contribution >= 0.6 is 0 Å². The van der Waals surface area contributed by atoms with Crippen molar-refractivity contribution in [2.45, 2.75) is 58.0 Å². The Morgan fingerprint density at radius 3 is 2.65 bits per heavy atom. The molecule has 10 heteroatoms. The Kier molecular flexibility index (Phi) is 10.1. The van der Waals surface area contributed by atoms with Crippen LogP contribution in [-0.2, 0) is 36.9 Å². The summed E-state index contributed by atoms with van der Waals surface area (Å²) in [5.41, 5.74) is 7.46. The molecule has 0 aliphatic carbocycles. The molecular formula is C27H38N4O6. The highest BCUT2D eigenvalue weighted by Crippen LogP contribution is 2.26. The minimum absolute atomic E-state index is 0.0126. The number of aliphatic hydroxyl groups excluding tert-OH is 1. The van der Waals surface area contributed by atoms with Crippen molar-refractivity contribution in [2.24, 2.45) is 23.5 Å². The summed E-state index contributed by atoms with van der Waals surface area (Å²) in [4.78, 5) is 51.4. The fourth-order valence-corrected chi connectivity index (χ4v) is 4.98. The first-order chi connectivity index (χ1) is 17.8. The molecule has 0 saturated heterocycles. The number of carbonyl (C=O) groups excluding carboxylic acids is 4. The molecule has 2 unspecified atom stereocenters. The van der Waals surface area contributed by atoms with Gasteiger partial charge in [0.2, 0.25) is 17.7 Å². The summed E-state index contributed by atoms with van der Waals surface area (Å²) in [6.07, 6.45) is 6.14. The Morgan fingerprint density at radius 1 is 1.22 bits per heavy atom. The monoisotopic (exact) mass is 514 g/mol. The van der Waals surface area contributed by atoms with Crippen LogP contribution in [0.25, 0.3) is 10.9 Å². The number of benzene rings is 1. The molecule has 0 spiro atoms. The van der Waals surface area contributed by atoms with Gasteiger partial charge in [-0.05, 0) is 36.8 Å². The zero-order chi connectivity index (χ0) is 26.9. The lowest BCUT2D eigenvalue weighted by molar-refractivity contribution is -0.155. The van der Waals surface area contributed by atoms with Gasteiger partial charge in [-0.25, -0.2) is 0 Å². The van der Waals surface area contributed by atoms with Gasteiger partial charge in [0, 0.05) is 43.2 Å². The molecule has 1 aromatic heterocycles. The summed E-state index contributed by atoms with van der Waals surface area (Å²) in [6.45, 7) is 2.79. The number of carbonyl (C=O) groups is 4. The van der Waals surface area contributed by atoms with Crippen molar-refractivity contribution in [3.8, 4) is 0 Å². The predicted molar refractivity (Wildman–Crippen MR) is 138 cm³/mol. The number of para-hydroxylation sites is 1. The maximum Gasteiger partial charge on any atom is 0.319 e. The minimum atomic E-state index is -1.54. The number of rotatable bonds is 8. The number of nitrogens with one attached hydrogen (secondary N) is 2. The van der Waals surface area contributed by atoms with Crippen molar-refractivity contribution in [3.63, 3.8) is 0 Å². The van der Waals surface area contributed by atoms with Gasteiger partial charge in [-0.1, -0.05) is 38.0 Å². The molecule has 0 saturated carbocycles. The van der Waals surface area contributed by atoms with Crippen LogP contribution in [0, 0.1) is 17.8 Å². The predicted octanol–water partition coefficient (Wildman–Crippen LogP) is 1.27. The number of amides is 3. The number of aryl methyl sites for hydroxylation is 1. The highest BCUT2D eigenvalue weighted by molar-refractivity contribution is 6.02. The van der Waals surface area contributed by atoms with Crippen LogP contribution in [0.15, 0.2) is 30.5 Å². The zero-order valence-electron chi connectivity index (χ0n) is 21.6. The molecule has 3 amide bonds. The second-order valence-corrected chi connectivity index (χ2v) is 9.87. The topological polar surface area (TPSA) is 153 Å². The van der Waals surface area contributed by atoms with Crippen LogP contribution in [0.5, 0.6) is 0 Å². The van der Waals surface area contributed by atoms with Crippen LogP contribution in [0.1, 0.15) is 44.6 Å². The summed E-state index contributed by atoms with van der Waals surface area (Å²) in [5.74, 6) is -6.08. The fourth-order valence-electron chi connectivity index (χ4n) is 4.98. The second-order valence-electron chi connectivity index (χ2n) is 9.87. The molecule has 1 aromatic carbocycles. The van der Waals surface area contributed by atoms with Crippen LogP contribution < -0.4 is 16.4 Å². The van der Waals surface area contributed by atoms with E-state index in [2.05, 4.69) is 15.2 Å². The summed E-state index contributed by atoms with van der Waals surface area (Å²) in [5, 5.41) is 16.3. The molecule has 1 aliphatic rings. The average Bonchev–Trinajstić information content (AvgIpc) is 3.23. The number of aliphatic hydroxyl groups is 1. The van der Waals surface area contributed by atoms with E-state index in [4.69, 9.17) is 10.5 Å². The van der Waals surface area contributed by atoms with Gasteiger partial charge >= 0.3 is 5.97 Å².